The second-order valence-corrected chi connectivity index (χ2v) is 4.34. The fourth-order valence-corrected chi connectivity index (χ4v) is 2.30. The Bertz CT molecular complexity index is 404. The minimum Gasteiger partial charge on any atom is -0.307 e. The molecule has 3 unspecified atom stereocenters. The molecule has 1 aliphatic heterocycles. The Kier molecular flexibility index (Phi) is 3.64. The average Bonchev–Trinajstić information content (AvgIpc) is 2.39. The Hall–Kier alpha value is -1.55. The van der Waals surface area contributed by atoms with E-state index in [4.69, 9.17) is 0 Å². The number of benzene rings is 1. The zero-order valence-corrected chi connectivity index (χ0v) is 9.30. The lowest BCUT2D eigenvalue weighted by Gasteiger charge is -2.32. The summed E-state index contributed by atoms with van der Waals surface area (Å²) >= 11 is 0. The van der Waals surface area contributed by atoms with Crippen molar-refractivity contribution in [2.45, 2.75) is 18.4 Å². The van der Waals surface area contributed by atoms with Gasteiger partial charge in [0.15, 0.2) is 0 Å². The summed E-state index contributed by atoms with van der Waals surface area (Å²) < 4.78 is 12.8. The van der Waals surface area contributed by atoms with Crippen molar-refractivity contribution in [3.8, 4) is 0 Å². The molecule has 0 aliphatic carbocycles. The lowest BCUT2D eigenvalue weighted by atomic mass is 9.79. The molecule has 3 nitrogen and oxygen atoms in total. The molecule has 4 heteroatoms. The molecule has 1 heterocycles. The molecule has 1 aromatic rings. The number of halogens is 1. The van der Waals surface area contributed by atoms with Gasteiger partial charge in [-0.2, -0.15) is 0 Å². The van der Waals surface area contributed by atoms with Crippen molar-refractivity contribution in [3.63, 3.8) is 0 Å². The van der Waals surface area contributed by atoms with Gasteiger partial charge >= 0.3 is 0 Å². The molecule has 17 heavy (non-hydrogen) atoms. The van der Waals surface area contributed by atoms with E-state index in [-0.39, 0.29) is 23.7 Å². The van der Waals surface area contributed by atoms with Crippen LogP contribution in [0.1, 0.15) is 17.9 Å². The minimum absolute atomic E-state index is 0.00968. The molecule has 1 N–H and O–H groups in total. The van der Waals surface area contributed by atoms with E-state index in [1.165, 1.54) is 12.1 Å². The highest BCUT2D eigenvalue weighted by atomic mass is 19.1. The Morgan fingerprint density at radius 2 is 1.88 bits per heavy atom. The van der Waals surface area contributed by atoms with Crippen molar-refractivity contribution in [1.82, 2.24) is 5.32 Å². The molecule has 2 rings (SSSR count). The zero-order valence-electron chi connectivity index (χ0n) is 9.30. The average molecular weight is 235 g/mol. The second-order valence-electron chi connectivity index (χ2n) is 4.34. The van der Waals surface area contributed by atoms with Crippen LogP contribution in [0, 0.1) is 11.7 Å². The van der Waals surface area contributed by atoms with E-state index in [1.54, 1.807) is 12.1 Å². The molecule has 0 saturated carbocycles. The number of hydrogen-bond donors (Lipinski definition) is 1. The predicted octanol–water partition coefficient (Wildman–Crippen LogP) is 1.29. The molecular formula is C13H14FNO2. The fourth-order valence-electron chi connectivity index (χ4n) is 2.30. The van der Waals surface area contributed by atoms with E-state index in [9.17, 15) is 14.0 Å². The third-order valence-corrected chi connectivity index (χ3v) is 3.28. The third-order valence-electron chi connectivity index (χ3n) is 3.28. The lowest BCUT2D eigenvalue weighted by Crippen LogP contribution is -2.44. The van der Waals surface area contributed by atoms with Gasteiger partial charge in [0.1, 0.15) is 18.4 Å². The number of carbonyl (C=O) groups is 2. The number of piperidine rings is 1. The Balaban J connectivity index is 2.22. The normalized spacial score (nSPS) is 28.6. The molecule has 3 atom stereocenters. The smallest absolute Gasteiger partial charge is 0.136 e. The van der Waals surface area contributed by atoms with Gasteiger partial charge in [0.25, 0.3) is 0 Å². The summed E-state index contributed by atoms with van der Waals surface area (Å²) in [6.07, 6.45) is 2.35. The number of aldehydes is 2. The van der Waals surface area contributed by atoms with Crippen molar-refractivity contribution < 1.29 is 14.0 Å². The first-order valence-corrected chi connectivity index (χ1v) is 5.64. The van der Waals surface area contributed by atoms with Gasteiger partial charge in [-0.3, -0.25) is 0 Å². The minimum atomic E-state index is -0.294. The van der Waals surface area contributed by atoms with Crippen molar-refractivity contribution in [1.29, 1.82) is 0 Å². The van der Waals surface area contributed by atoms with Gasteiger partial charge in [0.05, 0.1) is 6.04 Å². The van der Waals surface area contributed by atoms with Gasteiger partial charge in [-0.05, 0) is 30.0 Å². The first-order valence-electron chi connectivity index (χ1n) is 5.64. The summed E-state index contributed by atoms with van der Waals surface area (Å²) in [6, 6.07) is 5.92. The Labute approximate surface area is 99.0 Å². The molecule has 1 aliphatic rings. The number of carbonyl (C=O) groups excluding carboxylic acids is 2. The van der Waals surface area contributed by atoms with Crippen LogP contribution in [0.2, 0.25) is 0 Å². The van der Waals surface area contributed by atoms with Crippen LogP contribution in [0.4, 0.5) is 4.39 Å². The molecule has 0 radical (unpaired) electrons. The maximum Gasteiger partial charge on any atom is 0.136 e. The number of nitrogens with one attached hydrogen (secondary N) is 1. The highest BCUT2D eigenvalue weighted by Crippen LogP contribution is 2.31. The summed E-state index contributed by atoms with van der Waals surface area (Å²) in [7, 11) is 0. The van der Waals surface area contributed by atoms with Crippen LogP contribution in [0.5, 0.6) is 0 Å². The van der Waals surface area contributed by atoms with Crippen molar-refractivity contribution >= 4 is 12.6 Å². The quantitative estimate of drug-likeness (QED) is 0.803. The Morgan fingerprint density at radius 3 is 2.47 bits per heavy atom. The van der Waals surface area contributed by atoms with Gasteiger partial charge < -0.3 is 14.9 Å². The molecule has 1 fully saturated rings. The maximum absolute atomic E-state index is 12.8. The van der Waals surface area contributed by atoms with Crippen LogP contribution in [-0.4, -0.2) is 25.2 Å². The van der Waals surface area contributed by atoms with Crippen molar-refractivity contribution in [2.24, 2.45) is 5.92 Å². The van der Waals surface area contributed by atoms with Gasteiger partial charge in [0, 0.05) is 12.5 Å². The summed E-state index contributed by atoms with van der Waals surface area (Å²) in [5.74, 6) is -0.460. The van der Waals surface area contributed by atoms with Gasteiger partial charge in [-0.25, -0.2) is 4.39 Å². The van der Waals surface area contributed by atoms with E-state index in [0.29, 0.717) is 13.0 Å². The topological polar surface area (TPSA) is 46.2 Å². The van der Waals surface area contributed by atoms with Crippen LogP contribution < -0.4 is 5.32 Å². The SMILES string of the molecule is O=CC1CC(c2ccc(F)cc2)C(C=O)CN1. The predicted molar refractivity (Wildman–Crippen MR) is 61.2 cm³/mol. The van der Waals surface area contributed by atoms with Crippen LogP contribution >= 0.6 is 0 Å². The van der Waals surface area contributed by atoms with Crippen molar-refractivity contribution in [3.05, 3.63) is 35.6 Å². The molecule has 1 aromatic carbocycles. The summed E-state index contributed by atoms with van der Waals surface area (Å²) in [4.78, 5) is 21.8. The molecule has 0 amide bonds. The van der Waals surface area contributed by atoms with E-state index >= 15 is 0 Å². The van der Waals surface area contributed by atoms with Gasteiger partial charge in [0.2, 0.25) is 0 Å². The van der Waals surface area contributed by atoms with Crippen LogP contribution in [0.15, 0.2) is 24.3 Å². The first-order chi connectivity index (χ1) is 8.24. The third kappa shape index (κ3) is 2.58. The van der Waals surface area contributed by atoms with Crippen LogP contribution in [0.3, 0.4) is 0 Å². The first kappa shape index (κ1) is 11.9. The van der Waals surface area contributed by atoms with Crippen molar-refractivity contribution in [2.75, 3.05) is 6.54 Å². The largest absolute Gasteiger partial charge is 0.307 e. The summed E-state index contributed by atoms with van der Waals surface area (Å²) in [5, 5.41) is 3.01. The molecular weight excluding hydrogens is 221 g/mol. The summed E-state index contributed by atoms with van der Waals surface area (Å²) in [6.45, 7) is 0.495. The van der Waals surface area contributed by atoms with E-state index in [1.807, 2.05) is 0 Å². The number of hydrogen-bond acceptors (Lipinski definition) is 3. The van der Waals surface area contributed by atoms with Gasteiger partial charge in [-0.15, -0.1) is 0 Å². The number of rotatable bonds is 3. The Morgan fingerprint density at radius 1 is 1.18 bits per heavy atom. The van der Waals surface area contributed by atoms with Crippen LogP contribution in [-0.2, 0) is 9.59 Å². The maximum atomic E-state index is 12.8. The molecule has 90 valence electrons. The summed E-state index contributed by atoms with van der Waals surface area (Å²) in [5.41, 5.74) is 0.914. The molecule has 1 saturated heterocycles. The lowest BCUT2D eigenvalue weighted by molar-refractivity contribution is -0.115. The van der Waals surface area contributed by atoms with E-state index in [2.05, 4.69) is 5.32 Å². The highest BCUT2D eigenvalue weighted by Gasteiger charge is 2.30. The second kappa shape index (κ2) is 5.19. The van der Waals surface area contributed by atoms with E-state index in [0.717, 1.165) is 18.1 Å². The molecule has 0 spiro atoms. The fraction of sp³-hybridized carbons (Fsp3) is 0.385. The highest BCUT2D eigenvalue weighted by molar-refractivity contribution is 5.62. The molecule has 0 aromatic heterocycles. The molecule has 0 bridgehead atoms. The monoisotopic (exact) mass is 235 g/mol. The van der Waals surface area contributed by atoms with Gasteiger partial charge in [-0.1, -0.05) is 12.1 Å². The van der Waals surface area contributed by atoms with E-state index < -0.39 is 0 Å². The van der Waals surface area contributed by atoms with Crippen LogP contribution in [0.25, 0.3) is 0 Å². The zero-order chi connectivity index (χ0) is 12.3. The standard InChI is InChI=1S/C13H14FNO2/c14-11-3-1-9(2-4-11)13-5-12(8-17)15-6-10(13)7-16/h1-4,7-8,10,12-13,15H,5-6H2.